The number of carbonyl (C=O) groups is 1. The summed E-state index contributed by atoms with van der Waals surface area (Å²) in [6.07, 6.45) is -2.33. The number of carbonyl (C=O) groups excluding carboxylic acids is 1. The molecule has 0 heterocycles. The first-order valence-corrected chi connectivity index (χ1v) is 0.612. The van der Waals surface area contributed by atoms with E-state index in [-0.39, 0.29) is 115 Å². The van der Waals surface area contributed by atoms with E-state index in [0.29, 0.717) is 0 Å². The molecule has 0 radical (unpaired) electrons. The number of hydrogen-bond acceptors (Lipinski definition) is 4. The Morgan fingerprint density at radius 3 is 1.11 bits per heavy atom. The van der Waals surface area contributed by atoms with E-state index in [9.17, 15) is 0 Å². The molecule has 0 rings (SSSR count). The predicted molar refractivity (Wildman–Crippen MR) is 13.1 cm³/mol. The smallest absolute Gasteiger partial charge is 1.00 e. The quantitative estimate of drug-likeness (QED) is 0.361. The standard InChI is InChI=1S/CH2O3.Ca.ClH.2Na.H2O/c2-1(3)4;;;;;/h(H2,2,3,4);;1H;;;1H2/q;+2;;2*+1;/p-4. The van der Waals surface area contributed by atoms with Gasteiger partial charge in [-0.25, -0.2) is 0 Å². The third-order valence-electron chi connectivity index (χ3n) is 0. The van der Waals surface area contributed by atoms with Crippen molar-refractivity contribution < 1.29 is 92.0 Å². The summed E-state index contributed by atoms with van der Waals surface area (Å²) in [4.78, 5) is 8.33. The van der Waals surface area contributed by atoms with Crippen molar-refractivity contribution in [2.75, 3.05) is 0 Å². The summed E-state index contributed by atoms with van der Waals surface area (Å²) in [5.74, 6) is 0. The van der Waals surface area contributed by atoms with Gasteiger partial charge in [0, 0.05) is 0 Å². The maximum atomic E-state index is 8.33. The van der Waals surface area contributed by atoms with Gasteiger partial charge in [-0.05, 0) is 6.16 Å². The summed E-state index contributed by atoms with van der Waals surface area (Å²) in [5, 5.41) is 16.7. The summed E-state index contributed by atoms with van der Waals surface area (Å²) in [7, 11) is 0. The maximum Gasteiger partial charge on any atom is 2.00 e. The topological polar surface area (TPSA) is 93.2 Å². The molecule has 9 heavy (non-hydrogen) atoms. The van der Waals surface area contributed by atoms with Crippen LogP contribution in [0.3, 0.4) is 0 Å². The second-order valence-corrected chi connectivity index (χ2v) is 0.250. The van der Waals surface area contributed by atoms with Crippen molar-refractivity contribution in [2.45, 2.75) is 0 Å². The Kier molecular flexibility index (Phi) is 141. The van der Waals surface area contributed by atoms with Crippen LogP contribution in [-0.2, 0) is 0 Å². The minimum Gasteiger partial charge on any atom is -1.00 e. The molecule has 0 saturated heterocycles. The fourth-order valence-corrected chi connectivity index (χ4v) is 0. The molecule has 0 spiro atoms. The summed E-state index contributed by atoms with van der Waals surface area (Å²) in [6, 6.07) is 0. The predicted octanol–water partition coefficient (Wildman–Crippen LogP) is -12.0. The normalized spacial score (nSPS) is 2.67. The Morgan fingerprint density at radius 1 is 1.11 bits per heavy atom. The monoisotopic (exact) mass is 198 g/mol. The van der Waals surface area contributed by atoms with Gasteiger partial charge < -0.3 is 32.9 Å². The summed E-state index contributed by atoms with van der Waals surface area (Å²) in [5.41, 5.74) is 0. The molecule has 0 aliphatic carbocycles. The Hall–Kier alpha value is 2.78. The van der Waals surface area contributed by atoms with Gasteiger partial charge in [-0.2, -0.15) is 0 Å². The molecule has 0 aliphatic rings. The zero-order chi connectivity index (χ0) is 3.58. The first-order valence-electron chi connectivity index (χ1n) is 0.612. The molecule has 1 N–H and O–H groups in total. The van der Waals surface area contributed by atoms with Gasteiger partial charge in [-0.3, -0.25) is 0 Å². The van der Waals surface area contributed by atoms with Crippen molar-refractivity contribution in [1.29, 1.82) is 0 Å². The van der Waals surface area contributed by atoms with Crippen LogP contribution in [0.25, 0.3) is 0 Å². The molecule has 0 amide bonds. The van der Waals surface area contributed by atoms with E-state index < -0.39 is 6.16 Å². The Bertz CT molecular complexity index is 41.5. The molecule has 4 nitrogen and oxygen atoms in total. The molecule has 0 aromatic heterocycles. The van der Waals surface area contributed by atoms with E-state index in [1.165, 1.54) is 0 Å². The van der Waals surface area contributed by atoms with Crippen molar-refractivity contribution in [1.82, 2.24) is 0 Å². The first kappa shape index (κ1) is 41.0. The second-order valence-electron chi connectivity index (χ2n) is 0.250. The molecular formula is CHCaClNa2O4. The minimum absolute atomic E-state index is 0. The minimum atomic E-state index is -2.33. The van der Waals surface area contributed by atoms with Crippen molar-refractivity contribution >= 4 is 43.9 Å². The summed E-state index contributed by atoms with van der Waals surface area (Å²) >= 11 is 0. The van der Waals surface area contributed by atoms with E-state index in [0.717, 1.165) is 0 Å². The molecule has 0 saturated carbocycles. The summed E-state index contributed by atoms with van der Waals surface area (Å²) < 4.78 is 0. The Labute approximate surface area is 133 Å². The van der Waals surface area contributed by atoms with Crippen molar-refractivity contribution in [3.05, 3.63) is 0 Å². The Balaban J connectivity index is -0.00000000450. The van der Waals surface area contributed by atoms with Crippen LogP contribution < -0.4 is 81.7 Å². The molecule has 0 aliphatic heterocycles. The average Bonchev–Trinajstić information content (AvgIpc) is 0.811. The number of carboxylic acid groups (broad SMARTS) is 2. The molecule has 0 fully saturated rings. The Morgan fingerprint density at radius 2 is 1.11 bits per heavy atom. The summed E-state index contributed by atoms with van der Waals surface area (Å²) in [6.45, 7) is 0. The van der Waals surface area contributed by atoms with E-state index in [2.05, 4.69) is 0 Å². The van der Waals surface area contributed by atoms with Crippen molar-refractivity contribution in [2.24, 2.45) is 0 Å². The second kappa shape index (κ2) is 30.9. The molecule has 0 aromatic carbocycles. The van der Waals surface area contributed by atoms with Crippen LogP contribution >= 0.6 is 0 Å². The fourth-order valence-electron chi connectivity index (χ4n) is 0. The van der Waals surface area contributed by atoms with Crippen LogP contribution in [0.2, 0.25) is 0 Å². The molecule has 0 bridgehead atoms. The van der Waals surface area contributed by atoms with Crippen LogP contribution in [0.1, 0.15) is 0 Å². The van der Waals surface area contributed by atoms with Crippen molar-refractivity contribution in [3.8, 4) is 0 Å². The number of halogens is 1. The zero-order valence-corrected chi connectivity index (χ0v) is 12.2. The third-order valence-corrected chi connectivity index (χ3v) is 0. The van der Waals surface area contributed by atoms with Gasteiger partial charge in [0.25, 0.3) is 0 Å². The number of rotatable bonds is 0. The SMILES string of the molecule is O=C([O-])[O-].[Ca+2].[Cl-].[Na+].[Na+].[OH-]. The third kappa shape index (κ3) is 108. The van der Waals surface area contributed by atoms with Gasteiger partial charge in [-0.1, -0.05) is 0 Å². The molecule has 40 valence electrons. The van der Waals surface area contributed by atoms with Gasteiger partial charge in [-0.15, -0.1) is 0 Å². The van der Waals surface area contributed by atoms with Crippen LogP contribution in [0.4, 0.5) is 4.79 Å². The van der Waals surface area contributed by atoms with Crippen molar-refractivity contribution in [3.63, 3.8) is 0 Å². The fraction of sp³-hybridized carbons (Fsp3) is 0. The van der Waals surface area contributed by atoms with Crippen LogP contribution in [0.15, 0.2) is 0 Å². The van der Waals surface area contributed by atoms with Gasteiger partial charge in [0.15, 0.2) is 0 Å². The maximum absolute atomic E-state index is 8.33. The van der Waals surface area contributed by atoms with Crippen LogP contribution in [-0.4, -0.2) is 49.4 Å². The van der Waals surface area contributed by atoms with Gasteiger partial charge >= 0.3 is 96.9 Å². The number of hydrogen-bond donors (Lipinski definition) is 0. The van der Waals surface area contributed by atoms with Gasteiger partial charge in [0.2, 0.25) is 0 Å². The molecular weight excluding hydrogens is 198 g/mol. The largest absolute Gasteiger partial charge is 2.00 e. The van der Waals surface area contributed by atoms with Crippen LogP contribution in [0.5, 0.6) is 0 Å². The first-order chi connectivity index (χ1) is 1.73. The molecule has 8 heteroatoms. The molecule has 0 atom stereocenters. The zero-order valence-electron chi connectivity index (χ0n) is 5.26. The molecule has 0 unspecified atom stereocenters. The van der Waals surface area contributed by atoms with E-state index in [1.807, 2.05) is 0 Å². The molecule has 0 aromatic rings. The van der Waals surface area contributed by atoms with Gasteiger partial charge in [0.05, 0.1) is 0 Å². The van der Waals surface area contributed by atoms with Gasteiger partial charge in [0.1, 0.15) is 0 Å². The van der Waals surface area contributed by atoms with Crippen LogP contribution in [0, 0.1) is 0 Å². The van der Waals surface area contributed by atoms with E-state index in [4.69, 9.17) is 15.0 Å². The average molecular weight is 199 g/mol. The van der Waals surface area contributed by atoms with E-state index in [1.54, 1.807) is 0 Å². The van der Waals surface area contributed by atoms with E-state index >= 15 is 0 Å².